The largest absolute Gasteiger partial charge is 0.522 e. The fraction of sp³-hybridized carbons (Fsp3) is 0.667. The van der Waals surface area contributed by atoms with E-state index < -0.39 is 6.36 Å². The van der Waals surface area contributed by atoms with E-state index in [-0.39, 0.29) is 13.2 Å². The lowest BCUT2D eigenvalue weighted by molar-refractivity contribution is -0.325. The van der Waals surface area contributed by atoms with Gasteiger partial charge in [-0.1, -0.05) is 0 Å². The van der Waals surface area contributed by atoms with Crippen molar-refractivity contribution in [1.29, 1.82) is 0 Å². The van der Waals surface area contributed by atoms with E-state index in [1.165, 1.54) is 11.1 Å². The summed E-state index contributed by atoms with van der Waals surface area (Å²) < 4.78 is 41.1. The molecule has 0 amide bonds. The maximum Gasteiger partial charge on any atom is 0.522 e. The van der Waals surface area contributed by atoms with E-state index in [0.29, 0.717) is 6.04 Å². The van der Waals surface area contributed by atoms with Crippen molar-refractivity contribution in [3.8, 4) is 0 Å². The van der Waals surface area contributed by atoms with Crippen LogP contribution >= 0.6 is 0 Å². The molecule has 0 saturated heterocycles. The second kappa shape index (κ2) is 5.32. The second-order valence-corrected chi connectivity index (χ2v) is 4.50. The molecule has 0 spiro atoms. The molecule has 0 radical (unpaired) electrons. The Hall–Kier alpha value is -1.01. The first-order chi connectivity index (χ1) is 8.49. The van der Waals surface area contributed by atoms with Gasteiger partial charge in [0.15, 0.2) is 0 Å². The van der Waals surface area contributed by atoms with E-state index in [0.717, 1.165) is 19.3 Å². The van der Waals surface area contributed by atoms with E-state index >= 15 is 0 Å². The lowest BCUT2D eigenvalue weighted by Crippen LogP contribution is -2.20. The number of halogens is 3. The first-order valence-corrected chi connectivity index (χ1v) is 6.06. The molecule has 0 fully saturated rings. The average molecular weight is 262 g/mol. The maximum atomic E-state index is 11.9. The van der Waals surface area contributed by atoms with Crippen LogP contribution < -0.4 is 5.32 Å². The van der Waals surface area contributed by atoms with E-state index in [1.807, 2.05) is 19.4 Å². The van der Waals surface area contributed by atoms with Crippen molar-refractivity contribution in [2.75, 3.05) is 13.7 Å². The smallest absolute Gasteiger partial charge is 0.351 e. The van der Waals surface area contributed by atoms with Crippen molar-refractivity contribution in [3.63, 3.8) is 0 Å². The minimum Gasteiger partial charge on any atom is -0.351 e. The Bertz CT molecular complexity index is 401. The average Bonchev–Trinajstić information content (AvgIpc) is 2.69. The van der Waals surface area contributed by atoms with Gasteiger partial charge in [0.25, 0.3) is 0 Å². The third-order valence-electron chi connectivity index (χ3n) is 3.28. The van der Waals surface area contributed by atoms with Gasteiger partial charge in [0, 0.05) is 25.0 Å². The van der Waals surface area contributed by atoms with E-state index in [2.05, 4.69) is 10.1 Å². The predicted octanol–water partition coefficient (Wildman–Crippen LogP) is 2.62. The van der Waals surface area contributed by atoms with Crippen LogP contribution in [0.5, 0.6) is 0 Å². The Morgan fingerprint density at radius 2 is 2.22 bits per heavy atom. The molecule has 0 aromatic carbocycles. The van der Waals surface area contributed by atoms with Gasteiger partial charge in [-0.05, 0) is 37.4 Å². The summed E-state index contributed by atoms with van der Waals surface area (Å²) in [4.78, 5) is 0. The Balaban J connectivity index is 1.97. The predicted molar refractivity (Wildman–Crippen MR) is 61.2 cm³/mol. The van der Waals surface area contributed by atoms with Gasteiger partial charge < -0.3 is 9.88 Å². The summed E-state index contributed by atoms with van der Waals surface area (Å²) in [6.45, 7) is -0.121. The number of nitrogens with one attached hydrogen (secondary N) is 1. The highest BCUT2D eigenvalue weighted by Gasteiger charge is 2.28. The number of hydrogen-bond acceptors (Lipinski definition) is 2. The molecule has 0 bridgehead atoms. The summed E-state index contributed by atoms with van der Waals surface area (Å²) in [7, 11) is 1.91. The molecule has 102 valence electrons. The number of aryl methyl sites for hydroxylation is 1. The highest BCUT2D eigenvalue weighted by molar-refractivity contribution is 5.30. The summed E-state index contributed by atoms with van der Waals surface area (Å²) >= 11 is 0. The molecule has 0 saturated carbocycles. The number of nitrogens with zero attached hydrogens (tertiary/aromatic N) is 1. The van der Waals surface area contributed by atoms with Crippen molar-refractivity contribution in [2.45, 2.75) is 38.2 Å². The zero-order valence-corrected chi connectivity index (χ0v) is 10.3. The van der Waals surface area contributed by atoms with Gasteiger partial charge in [0.2, 0.25) is 0 Å². The number of fused-ring (bicyclic) bond motifs is 1. The molecule has 0 aliphatic heterocycles. The first-order valence-electron chi connectivity index (χ1n) is 6.06. The molecule has 2 rings (SSSR count). The SMILES string of the molecule is CNC1CCCc2cn(CCOC(F)(F)F)cc21. The van der Waals surface area contributed by atoms with Crippen LogP contribution in [0.15, 0.2) is 12.4 Å². The molecular weight excluding hydrogens is 245 g/mol. The van der Waals surface area contributed by atoms with Crippen LogP contribution in [0.2, 0.25) is 0 Å². The fourth-order valence-electron chi connectivity index (χ4n) is 2.44. The monoisotopic (exact) mass is 262 g/mol. The van der Waals surface area contributed by atoms with E-state index in [9.17, 15) is 13.2 Å². The zero-order valence-electron chi connectivity index (χ0n) is 10.3. The molecule has 1 aromatic rings. The van der Waals surface area contributed by atoms with Crippen LogP contribution in [0.4, 0.5) is 13.2 Å². The van der Waals surface area contributed by atoms with Gasteiger partial charge in [-0.2, -0.15) is 0 Å². The van der Waals surface area contributed by atoms with Crippen LogP contribution in [0.25, 0.3) is 0 Å². The van der Waals surface area contributed by atoms with Gasteiger partial charge in [0.1, 0.15) is 0 Å². The molecule has 6 heteroatoms. The molecule has 18 heavy (non-hydrogen) atoms. The van der Waals surface area contributed by atoms with Crippen LogP contribution in [0.1, 0.15) is 30.0 Å². The number of aromatic nitrogens is 1. The topological polar surface area (TPSA) is 26.2 Å². The molecule has 1 heterocycles. The Kier molecular flexibility index (Phi) is 3.97. The third-order valence-corrected chi connectivity index (χ3v) is 3.28. The van der Waals surface area contributed by atoms with E-state index in [1.54, 1.807) is 4.57 Å². The van der Waals surface area contributed by atoms with Crippen LogP contribution in [0.3, 0.4) is 0 Å². The lowest BCUT2D eigenvalue weighted by Gasteiger charge is -2.21. The summed E-state index contributed by atoms with van der Waals surface area (Å²) in [5.41, 5.74) is 2.43. The molecule has 1 aliphatic rings. The number of hydrogen-bond donors (Lipinski definition) is 1. The van der Waals surface area contributed by atoms with Gasteiger partial charge in [0.05, 0.1) is 6.61 Å². The summed E-state index contributed by atoms with van der Waals surface area (Å²) in [5, 5.41) is 3.23. The molecule has 1 aromatic heterocycles. The molecule has 1 unspecified atom stereocenters. The first kappa shape index (κ1) is 13.4. The van der Waals surface area contributed by atoms with Crippen LogP contribution in [0, 0.1) is 0 Å². The Morgan fingerprint density at radius 1 is 1.44 bits per heavy atom. The Labute approximate surface area is 104 Å². The van der Waals surface area contributed by atoms with Gasteiger partial charge in [-0.15, -0.1) is 13.2 Å². The van der Waals surface area contributed by atoms with Crippen molar-refractivity contribution >= 4 is 0 Å². The summed E-state index contributed by atoms with van der Waals surface area (Å²) in [6.07, 6.45) is 2.50. The zero-order chi connectivity index (χ0) is 13.2. The molecule has 3 nitrogen and oxygen atoms in total. The molecule has 1 atom stereocenters. The van der Waals surface area contributed by atoms with Gasteiger partial charge >= 0.3 is 6.36 Å². The standard InChI is InChI=1S/C12H17F3N2O/c1-16-11-4-2-3-9-7-17(8-10(9)11)5-6-18-12(13,14)15/h7-8,11,16H,2-6H2,1H3. The quantitative estimate of drug-likeness (QED) is 0.902. The van der Waals surface area contributed by atoms with Crippen LogP contribution in [-0.2, 0) is 17.7 Å². The number of alkyl halides is 3. The minimum absolute atomic E-state index is 0.225. The van der Waals surface area contributed by atoms with Gasteiger partial charge in [-0.25, -0.2) is 0 Å². The van der Waals surface area contributed by atoms with Gasteiger partial charge in [-0.3, -0.25) is 4.74 Å². The van der Waals surface area contributed by atoms with Crippen LogP contribution in [-0.4, -0.2) is 24.6 Å². The molecular formula is C12H17F3N2O. The highest BCUT2D eigenvalue weighted by atomic mass is 19.4. The summed E-state index contributed by atoms with van der Waals surface area (Å²) in [5.74, 6) is 0. The molecule has 1 N–H and O–H groups in total. The lowest BCUT2D eigenvalue weighted by atomic mass is 9.91. The van der Waals surface area contributed by atoms with Crippen molar-refractivity contribution in [2.24, 2.45) is 0 Å². The van der Waals surface area contributed by atoms with Crippen molar-refractivity contribution in [3.05, 3.63) is 23.5 Å². The number of rotatable bonds is 4. The molecule has 1 aliphatic carbocycles. The van der Waals surface area contributed by atoms with E-state index in [4.69, 9.17) is 0 Å². The highest BCUT2D eigenvalue weighted by Crippen LogP contribution is 2.30. The Morgan fingerprint density at radius 3 is 2.89 bits per heavy atom. The number of ether oxygens (including phenoxy) is 1. The van der Waals surface area contributed by atoms with Crippen molar-refractivity contribution in [1.82, 2.24) is 9.88 Å². The second-order valence-electron chi connectivity index (χ2n) is 4.50. The van der Waals surface area contributed by atoms with Crippen molar-refractivity contribution < 1.29 is 17.9 Å². The maximum absolute atomic E-state index is 11.9. The normalized spacial score (nSPS) is 19.9. The minimum atomic E-state index is -4.54. The summed E-state index contributed by atoms with van der Waals surface area (Å²) in [6, 6.07) is 0.318. The fourth-order valence-corrected chi connectivity index (χ4v) is 2.44. The third kappa shape index (κ3) is 3.26.